The van der Waals surface area contributed by atoms with Crippen molar-refractivity contribution >= 4 is 0 Å². The Morgan fingerprint density at radius 3 is 2.65 bits per heavy atom. The monoisotopic (exact) mass is 277 g/mol. The molecule has 0 bridgehead atoms. The number of hydrogen-bond acceptors (Lipinski definition) is 3. The van der Waals surface area contributed by atoms with Crippen LogP contribution in [0.5, 0.6) is 5.75 Å². The molecule has 112 valence electrons. The quantitative estimate of drug-likeness (QED) is 0.620. The van der Waals surface area contributed by atoms with Crippen LogP contribution in [0.2, 0.25) is 0 Å². The third kappa shape index (κ3) is 5.14. The van der Waals surface area contributed by atoms with Gasteiger partial charge in [0.05, 0.1) is 5.60 Å². The second kappa shape index (κ2) is 7.65. The Morgan fingerprint density at radius 1 is 1.20 bits per heavy atom. The maximum atomic E-state index is 10.5. The van der Waals surface area contributed by atoms with Gasteiger partial charge in [-0.25, -0.2) is 0 Å². The van der Waals surface area contributed by atoms with Gasteiger partial charge in [0, 0.05) is 13.1 Å². The summed E-state index contributed by atoms with van der Waals surface area (Å²) in [6, 6.07) is 8.09. The summed E-state index contributed by atoms with van der Waals surface area (Å²) in [7, 11) is 0. The van der Waals surface area contributed by atoms with Crippen LogP contribution < -0.4 is 10.1 Å². The Kier molecular flexibility index (Phi) is 5.86. The molecule has 0 radical (unpaired) electrons. The van der Waals surface area contributed by atoms with E-state index in [2.05, 4.69) is 18.3 Å². The molecule has 1 aromatic rings. The highest BCUT2D eigenvalue weighted by Crippen LogP contribution is 2.26. The van der Waals surface area contributed by atoms with E-state index < -0.39 is 5.60 Å². The number of aliphatic hydroxyl groups is 1. The fourth-order valence-corrected chi connectivity index (χ4v) is 2.83. The zero-order valence-electron chi connectivity index (χ0n) is 12.5. The Balaban J connectivity index is 1.63. The van der Waals surface area contributed by atoms with E-state index in [1.807, 2.05) is 18.2 Å². The maximum Gasteiger partial charge on any atom is 0.119 e. The molecule has 1 aromatic carbocycles. The summed E-state index contributed by atoms with van der Waals surface area (Å²) in [4.78, 5) is 0. The van der Waals surface area contributed by atoms with Crippen molar-refractivity contribution < 1.29 is 9.84 Å². The lowest BCUT2D eigenvalue weighted by Gasteiger charge is -2.26. The molecule has 0 saturated heterocycles. The summed E-state index contributed by atoms with van der Waals surface area (Å²) in [5.74, 6) is 0.917. The predicted octanol–water partition coefficient (Wildman–Crippen LogP) is 3.05. The molecule has 0 atom stereocenters. The van der Waals surface area contributed by atoms with Gasteiger partial charge >= 0.3 is 0 Å². The maximum absolute atomic E-state index is 10.5. The largest absolute Gasteiger partial charge is 0.492 e. The molecular formula is C17H27NO2. The molecule has 0 aliphatic heterocycles. The Morgan fingerprint density at radius 2 is 1.95 bits per heavy atom. The zero-order valence-corrected chi connectivity index (χ0v) is 12.5. The third-order valence-corrected chi connectivity index (χ3v) is 4.03. The van der Waals surface area contributed by atoms with Gasteiger partial charge in [0.2, 0.25) is 0 Å². The molecular weight excluding hydrogens is 250 g/mol. The molecule has 0 heterocycles. The molecule has 1 aliphatic carbocycles. The molecule has 1 aliphatic rings. The average Bonchev–Trinajstić information content (AvgIpc) is 2.64. The van der Waals surface area contributed by atoms with Crippen LogP contribution in [0.15, 0.2) is 24.3 Å². The van der Waals surface area contributed by atoms with Crippen LogP contribution in [0.25, 0.3) is 0 Å². The van der Waals surface area contributed by atoms with Crippen LogP contribution in [0.4, 0.5) is 0 Å². The smallest absolute Gasteiger partial charge is 0.119 e. The van der Waals surface area contributed by atoms with Crippen LogP contribution >= 0.6 is 0 Å². The van der Waals surface area contributed by atoms with E-state index in [9.17, 15) is 5.11 Å². The van der Waals surface area contributed by atoms with Crippen molar-refractivity contribution in [2.75, 3.05) is 19.7 Å². The minimum Gasteiger partial charge on any atom is -0.492 e. The summed E-state index contributed by atoms with van der Waals surface area (Å²) in [5, 5.41) is 13.8. The van der Waals surface area contributed by atoms with E-state index in [1.165, 1.54) is 18.4 Å². The van der Waals surface area contributed by atoms with Crippen molar-refractivity contribution in [3.8, 4) is 5.75 Å². The Hall–Kier alpha value is -1.06. The van der Waals surface area contributed by atoms with Gasteiger partial charge in [-0.2, -0.15) is 0 Å². The molecule has 0 amide bonds. The van der Waals surface area contributed by atoms with Gasteiger partial charge in [0.25, 0.3) is 0 Å². The van der Waals surface area contributed by atoms with Crippen LogP contribution in [-0.4, -0.2) is 30.4 Å². The lowest BCUT2D eigenvalue weighted by molar-refractivity contribution is 0.0248. The highest BCUT2D eigenvalue weighted by atomic mass is 16.5. The fraction of sp³-hybridized carbons (Fsp3) is 0.647. The molecule has 20 heavy (non-hydrogen) atoms. The van der Waals surface area contributed by atoms with E-state index in [4.69, 9.17) is 4.74 Å². The van der Waals surface area contributed by atoms with Gasteiger partial charge in [-0.05, 0) is 37.5 Å². The SMILES string of the molecule is Cc1cccc(OCCNCC2(O)CCCCCC2)c1. The molecule has 2 rings (SSSR count). The topological polar surface area (TPSA) is 41.5 Å². The number of rotatable bonds is 6. The van der Waals surface area contributed by atoms with Gasteiger partial charge in [0.1, 0.15) is 12.4 Å². The van der Waals surface area contributed by atoms with Crippen LogP contribution in [0.3, 0.4) is 0 Å². The highest BCUT2D eigenvalue weighted by Gasteiger charge is 2.27. The van der Waals surface area contributed by atoms with E-state index in [1.54, 1.807) is 0 Å². The molecule has 0 spiro atoms. The van der Waals surface area contributed by atoms with Crippen LogP contribution in [-0.2, 0) is 0 Å². The van der Waals surface area contributed by atoms with Gasteiger partial charge in [0.15, 0.2) is 0 Å². The van der Waals surface area contributed by atoms with E-state index in [0.29, 0.717) is 13.2 Å². The molecule has 1 fully saturated rings. The fourth-order valence-electron chi connectivity index (χ4n) is 2.83. The first-order chi connectivity index (χ1) is 9.68. The van der Waals surface area contributed by atoms with E-state index in [-0.39, 0.29) is 0 Å². The Bertz CT molecular complexity index is 398. The number of benzene rings is 1. The van der Waals surface area contributed by atoms with Gasteiger partial charge in [-0.3, -0.25) is 0 Å². The molecule has 3 nitrogen and oxygen atoms in total. The van der Waals surface area contributed by atoms with E-state index in [0.717, 1.165) is 38.0 Å². The number of aryl methyl sites for hydroxylation is 1. The second-order valence-electron chi connectivity index (χ2n) is 5.98. The summed E-state index contributed by atoms with van der Waals surface area (Å²) in [6.07, 6.45) is 6.69. The van der Waals surface area contributed by atoms with Crippen molar-refractivity contribution in [3.63, 3.8) is 0 Å². The minimum atomic E-state index is -0.500. The highest BCUT2D eigenvalue weighted by molar-refractivity contribution is 5.27. The average molecular weight is 277 g/mol. The summed E-state index contributed by atoms with van der Waals surface area (Å²) < 4.78 is 5.69. The van der Waals surface area contributed by atoms with Gasteiger partial charge in [-0.1, -0.05) is 37.8 Å². The first kappa shape index (κ1) is 15.3. The van der Waals surface area contributed by atoms with E-state index >= 15 is 0 Å². The molecule has 0 unspecified atom stereocenters. The minimum absolute atomic E-state index is 0.500. The van der Waals surface area contributed by atoms with Crippen molar-refractivity contribution in [3.05, 3.63) is 29.8 Å². The lowest BCUT2D eigenvalue weighted by atomic mass is 9.94. The number of nitrogens with one attached hydrogen (secondary N) is 1. The first-order valence-corrected chi connectivity index (χ1v) is 7.81. The van der Waals surface area contributed by atoms with Gasteiger partial charge in [-0.15, -0.1) is 0 Å². The van der Waals surface area contributed by atoms with Crippen molar-refractivity contribution in [1.82, 2.24) is 5.32 Å². The summed E-state index contributed by atoms with van der Waals surface area (Å²) in [5.41, 5.74) is 0.711. The normalized spacial score (nSPS) is 18.5. The van der Waals surface area contributed by atoms with Crippen molar-refractivity contribution in [2.45, 2.75) is 51.0 Å². The standard InChI is InChI=1S/C17H27NO2/c1-15-7-6-8-16(13-15)20-12-11-18-14-17(19)9-4-2-3-5-10-17/h6-8,13,18-19H,2-5,9-12,14H2,1H3. The first-order valence-electron chi connectivity index (χ1n) is 7.81. The molecule has 0 aromatic heterocycles. The van der Waals surface area contributed by atoms with Crippen LogP contribution in [0, 0.1) is 6.92 Å². The number of ether oxygens (including phenoxy) is 1. The van der Waals surface area contributed by atoms with Crippen molar-refractivity contribution in [2.24, 2.45) is 0 Å². The third-order valence-electron chi connectivity index (χ3n) is 4.03. The lowest BCUT2D eigenvalue weighted by Crippen LogP contribution is -2.41. The number of hydrogen-bond donors (Lipinski definition) is 2. The molecule has 2 N–H and O–H groups in total. The zero-order chi connectivity index (χ0) is 14.3. The molecule has 1 saturated carbocycles. The Labute approximate surface area is 122 Å². The van der Waals surface area contributed by atoms with Crippen LogP contribution in [0.1, 0.15) is 44.1 Å². The summed E-state index contributed by atoms with van der Waals surface area (Å²) >= 11 is 0. The molecule has 3 heteroatoms. The van der Waals surface area contributed by atoms with Gasteiger partial charge < -0.3 is 15.2 Å². The summed E-state index contributed by atoms with van der Waals surface area (Å²) in [6.45, 7) is 4.16. The van der Waals surface area contributed by atoms with Crippen molar-refractivity contribution in [1.29, 1.82) is 0 Å². The second-order valence-corrected chi connectivity index (χ2v) is 5.98. The predicted molar refractivity (Wildman–Crippen MR) is 82.2 cm³/mol.